The third kappa shape index (κ3) is 5.20. The van der Waals surface area contributed by atoms with Gasteiger partial charge in [0.2, 0.25) is 11.8 Å². The van der Waals surface area contributed by atoms with Crippen LogP contribution in [-0.2, 0) is 16.1 Å². The molecule has 2 fully saturated rings. The van der Waals surface area contributed by atoms with Crippen molar-refractivity contribution < 1.29 is 9.59 Å². The lowest BCUT2D eigenvalue weighted by Gasteiger charge is -2.23. The summed E-state index contributed by atoms with van der Waals surface area (Å²) in [5.41, 5.74) is 1.94. The Morgan fingerprint density at radius 1 is 1.17 bits per heavy atom. The van der Waals surface area contributed by atoms with E-state index >= 15 is 0 Å². The third-order valence-electron chi connectivity index (χ3n) is 5.76. The van der Waals surface area contributed by atoms with E-state index in [4.69, 9.17) is 0 Å². The molecule has 7 heteroatoms. The van der Waals surface area contributed by atoms with Crippen molar-refractivity contribution in [3.05, 3.63) is 41.4 Å². The Balaban J connectivity index is 1.28. The number of thiazole rings is 1. The van der Waals surface area contributed by atoms with E-state index in [1.807, 2.05) is 35.7 Å². The summed E-state index contributed by atoms with van der Waals surface area (Å²) in [5.74, 6) is 2.05. The summed E-state index contributed by atoms with van der Waals surface area (Å²) in [6.07, 6.45) is 6.64. The predicted octanol–water partition coefficient (Wildman–Crippen LogP) is 4.30. The van der Waals surface area contributed by atoms with Crippen molar-refractivity contribution in [1.82, 2.24) is 15.2 Å². The Hall–Kier alpha value is -1.86. The molecule has 1 saturated heterocycles. The number of aromatic nitrogens is 1. The number of carbonyl (C=O) groups excluding carboxylic acids is 2. The maximum atomic E-state index is 12.7. The number of nitrogens with zero attached hydrogens (tertiary/aromatic N) is 2. The molecule has 0 bridgehead atoms. The molecule has 5 nitrogen and oxygen atoms in total. The van der Waals surface area contributed by atoms with Crippen LogP contribution in [0.25, 0.3) is 10.6 Å². The van der Waals surface area contributed by atoms with Crippen LogP contribution in [0.4, 0.5) is 0 Å². The summed E-state index contributed by atoms with van der Waals surface area (Å²) in [7, 11) is 0. The number of hydrogen-bond acceptors (Lipinski definition) is 5. The first kappa shape index (κ1) is 20.4. The molecule has 1 atom stereocenters. The van der Waals surface area contributed by atoms with E-state index in [-0.39, 0.29) is 17.9 Å². The molecule has 2 amide bonds. The fourth-order valence-electron chi connectivity index (χ4n) is 4.07. The van der Waals surface area contributed by atoms with Crippen molar-refractivity contribution >= 4 is 34.9 Å². The van der Waals surface area contributed by atoms with Crippen molar-refractivity contribution in [2.45, 2.75) is 51.1 Å². The summed E-state index contributed by atoms with van der Waals surface area (Å²) in [4.78, 5) is 31.8. The molecule has 29 heavy (non-hydrogen) atoms. The number of thioether (sulfide) groups is 1. The number of nitrogens with one attached hydrogen (secondary N) is 1. The van der Waals surface area contributed by atoms with Gasteiger partial charge in [-0.15, -0.1) is 23.1 Å². The van der Waals surface area contributed by atoms with Crippen LogP contribution in [0.1, 0.15) is 44.2 Å². The van der Waals surface area contributed by atoms with Crippen LogP contribution in [0, 0.1) is 5.92 Å². The van der Waals surface area contributed by atoms with Gasteiger partial charge in [0.15, 0.2) is 0 Å². The molecule has 1 aliphatic heterocycles. The van der Waals surface area contributed by atoms with Crippen molar-refractivity contribution in [3.8, 4) is 10.6 Å². The molecule has 154 valence electrons. The Labute approximate surface area is 180 Å². The molecule has 4 rings (SSSR count). The molecule has 0 unspecified atom stereocenters. The van der Waals surface area contributed by atoms with Gasteiger partial charge in [0.25, 0.3) is 0 Å². The van der Waals surface area contributed by atoms with Gasteiger partial charge in [0, 0.05) is 23.1 Å². The number of rotatable bonds is 7. The summed E-state index contributed by atoms with van der Waals surface area (Å²) in [5, 5.41) is 5.92. The molecule has 1 N–H and O–H groups in total. The van der Waals surface area contributed by atoms with Gasteiger partial charge in [-0.05, 0) is 12.3 Å². The van der Waals surface area contributed by atoms with Gasteiger partial charge in [-0.3, -0.25) is 9.59 Å². The number of benzene rings is 1. The van der Waals surface area contributed by atoms with Crippen LogP contribution in [0.2, 0.25) is 0 Å². The number of amides is 2. The highest BCUT2D eigenvalue weighted by Gasteiger charge is 2.34. The van der Waals surface area contributed by atoms with Crippen molar-refractivity contribution in [1.29, 1.82) is 0 Å². The monoisotopic (exact) mass is 429 g/mol. The van der Waals surface area contributed by atoms with E-state index in [2.05, 4.69) is 10.3 Å². The zero-order valence-corrected chi connectivity index (χ0v) is 18.1. The molecule has 1 aliphatic carbocycles. The van der Waals surface area contributed by atoms with Gasteiger partial charge in [-0.1, -0.05) is 56.0 Å². The quantitative estimate of drug-likeness (QED) is 0.713. The van der Waals surface area contributed by atoms with Crippen molar-refractivity contribution in [3.63, 3.8) is 0 Å². The predicted molar refractivity (Wildman–Crippen MR) is 119 cm³/mol. The minimum atomic E-state index is -0.358. The highest BCUT2D eigenvalue weighted by atomic mass is 32.2. The molecule has 2 aromatic rings. The largest absolute Gasteiger partial charge is 0.349 e. The summed E-state index contributed by atoms with van der Waals surface area (Å²) >= 11 is 3.24. The van der Waals surface area contributed by atoms with Crippen LogP contribution in [0.3, 0.4) is 0 Å². The fraction of sp³-hybridized carbons (Fsp3) is 0.500. The van der Waals surface area contributed by atoms with E-state index in [9.17, 15) is 9.59 Å². The first-order valence-electron chi connectivity index (χ1n) is 10.4. The fourth-order valence-corrected chi connectivity index (χ4v) is 6.08. The normalized spacial score (nSPS) is 19.6. The molecular weight excluding hydrogens is 402 g/mol. The molecule has 0 radical (unpaired) electrons. The lowest BCUT2D eigenvalue weighted by molar-refractivity contribution is -0.138. The van der Waals surface area contributed by atoms with Gasteiger partial charge >= 0.3 is 0 Å². The lowest BCUT2D eigenvalue weighted by atomic mass is 10.0. The highest BCUT2D eigenvalue weighted by Crippen LogP contribution is 2.30. The van der Waals surface area contributed by atoms with Crippen LogP contribution in [0.15, 0.2) is 35.7 Å². The molecule has 1 saturated carbocycles. The Bertz CT molecular complexity index is 834. The Morgan fingerprint density at radius 3 is 2.76 bits per heavy atom. The van der Waals surface area contributed by atoms with E-state index in [1.165, 1.54) is 25.7 Å². The average Bonchev–Trinajstić information content (AvgIpc) is 3.52. The highest BCUT2D eigenvalue weighted by molar-refractivity contribution is 7.99. The van der Waals surface area contributed by atoms with Crippen LogP contribution in [0.5, 0.6) is 0 Å². The van der Waals surface area contributed by atoms with Gasteiger partial charge < -0.3 is 10.2 Å². The standard InChI is InChI=1S/C22H27N3O2S2/c26-20(11-10-16-6-4-5-7-16)25-15-28-14-19(25)21(27)23-12-18-13-29-22(24-18)17-8-2-1-3-9-17/h1-3,8-9,13,16,19H,4-7,10-12,14-15H2,(H,23,27)/t19-/m1/s1. The van der Waals surface area contributed by atoms with Gasteiger partial charge in [-0.2, -0.15) is 0 Å². The summed E-state index contributed by atoms with van der Waals surface area (Å²) in [6, 6.07) is 9.68. The molecule has 2 heterocycles. The molecular formula is C22H27N3O2S2. The minimum Gasteiger partial charge on any atom is -0.349 e. The minimum absolute atomic E-state index is 0.0709. The summed E-state index contributed by atoms with van der Waals surface area (Å²) in [6.45, 7) is 0.396. The SMILES string of the molecule is O=C(NCc1csc(-c2ccccc2)n1)[C@H]1CSCN1C(=O)CCC1CCCC1. The smallest absolute Gasteiger partial charge is 0.244 e. The summed E-state index contributed by atoms with van der Waals surface area (Å²) < 4.78 is 0. The van der Waals surface area contributed by atoms with Gasteiger partial charge in [0.05, 0.1) is 18.1 Å². The third-order valence-corrected chi connectivity index (χ3v) is 7.72. The number of hydrogen-bond donors (Lipinski definition) is 1. The molecule has 1 aromatic carbocycles. The second kappa shape index (κ2) is 9.76. The maximum absolute atomic E-state index is 12.7. The first-order valence-corrected chi connectivity index (χ1v) is 12.4. The van der Waals surface area contributed by atoms with Crippen molar-refractivity contribution in [2.24, 2.45) is 5.92 Å². The lowest BCUT2D eigenvalue weighted by Crippen LogP contribution is -2.47. The zero-order chi connectivity index (χ0) is 20.1. The second-order valence-corrected chi connectivity index (χ2v) is 9.65. The molecule has 0 spiro atoms. The van der Waals surface area contributed by atoms with E-state index < -0.39 is 0 Å². The molecule has 2 aliphatic rings. The topological polar surface area (TPSA) is 62.3 Å². The van der Waals surface area contributed by atoms with E-state index in [1.54, 1.807) is 28.0 Å². The Morgan fingerprint density at radius 2 is 1.97 bits per heavy atom. The van der Waals surface area contributed by atoms with Gasteiger partial charge in [0.1, 0.15) is 11.0 Å². The maximum Gasteiger partial charge on any atom is 0.244 e. The van der Waals surface area contributed by atoms with Crippen LogP contribution >= 0.6 is 23.1 Å². The Kier molecular flexibility index (Phi) is 6.87. The second-order valence-electron chi connectivity index (χ2n) is 7.80. The van der Waals surface area contributed by atoms with E-state index in [0.717, 1.165) is 22.7 Å². The zero-order valence-electron chi connectivity index (χ0n) is 16.5. The van der Waals surface area contributed by atoms with Gasteiger partial charge in [-0.25, -0.2) is 4.98 Å². The van der Waals surface area contributed by atoms with E-state index in [0.29, 0.717) is 30.5 Å². The molecule has 1 aromatic heterocycles. The average molecular weight is 430 g/mol. The van der Waals surface area contributed by atoms with Crippen LogP contribution < -0.4 is 5.32 Å². The van der Waals surface area contributed by atoms with Crippen molar-refractivity contribution in [2.75, 3.05) is 11.6 Å². The van der Waals surface area contributed by atoms with Crippen LogP contribution in [-0.4, -0.2) is 39.4 Å². The number of carbonyl (C=O) groups is 2. The first-order chi connectivity index (χ1) is 14.2.